The molecule has 0 atom stereocenters. The quantitative estimate of drug-likeness (QED) is 0.811. The van der Waals surface area contributed by atoms with E-state index in [4.69, 9.17) is 5.11 Å². The minimum absolute atomic E-state index is 0.210. The van der Waals surface area contributed by atoms with E-state index in [1.54, 1.807) is 6.07 Å². The molecule has 0 aliphatic rings. The van der Waals surface area contributed by atoms with Crippen LogP contribution in [0.5, 0.6) is 0 Å². The van der Waals surface area contributed by atoms with Crippen LogP contribution in [-0.4, -0.2) is 16.1 Å². The minimum Gasteiger partial charge on any atom is -0.477 e. The van der Waals surface area contributed by atoms with Crippen molar-refractivity contribution in [3.63, 3.8) is 0 Å². The van der Waals surface area contributed by atoms with Crippen molar-refractivity contribution in [2.75, 3.05) is 0 Å². The van der Waals surface area contributed by atoms with Gasteiger partial charge in [-0.1, -0.05) is 25.8 Å². The van der Waals surface area contributed by atoms with Crippen molar-refractivity contribution in [1.29, 1.82) is 0 Å². The maximum atomic E-state index is 12.1. The van der Waals surface area contributed by atoms with E-state index in [1.165, 1.54) is 6.20 Å². The van der Waals surface area contributed by atoms with Gasteiger partial charge in [-0.25, -0.2) is 4.79 Å². The number of unbranched alkanes of at least 4 members (excludes halogenated alkanes) is 2. The number of aromatic amines is 1. The summed E-state index contributed by atoms with van der Waals surface area (Å²) < 4.78 is 0. The highest BCUT2D eigenvalue weighted by Gasteiger charge is 2.11. The van der Waals surface area contributed by atoms with Crippen LogP contribution >= 0.6 is 0 Å². The number of rotatable bonds is 5. The first-order chi connectivity index (χ1) is 9.13. The van der Waals surface area contributed by atoms with Crippen LogP contribution in [-0.2, 0) is 6.42 Å². The summed E-state index contributed by atoms with van der Waals surface area (Å²) in [4.78, 5) is 25.8. The Morgan fingerprint density at radius 1 is 1.32 bits per heavy atom. The standard InChI is InChI=1S/C15H17NO3/c1-2-3-4-5-10-6-7-13-11(8-10)14(17)12(9-16-13)15(18)19/h6-9H,2-5H2,1H3,(H,16,17)(H,18,19). The highest BCUT2D eigenvalue weighted by Crippen LogP contribution is 2.14. The van der Waals surface area contributed by atoms with Gasteiger partial charge in [0.2, 0.25) is 5.43 Å². The Kier molecular flexibility index (Phi) is 4.00. The summed E-state index contributed by atoms with van der Waals surface area (Å²) in [7, 11) is 0. The van der Waals surface area contributed by atoms with Crippen LogP contribution in [0.2, 0.25) is 0 Å². The van der Waals surface area contributed by atoms with Crippen LogP contribution in [0.4, 0.5) is 0 Å². The highest BCUT2D eigenvalue weighted by molar-refractivity contribution is 5.92. The van der Waals surface area contributed by atoms with Crippen LogP contribution < -0.4 is 5.43 Å². The monoisotopic (exact) mass is 259 g/mol. The van der Waals surface area contributed by atoms with E-state index in [0.29, 0.717) is 10.9 Å². The number of pyridine rings is 1. The zero-order chi connectivity index (χ0) is 13.8. The van der Waals surface area contributed by atoms with Crippen molar-refractivity contribution in [3.05, 3.63) is 45.7 Å². The van der Waals surface area contributed by atoms with Crippen LogP contribution in [0.3, 0.4) is 0 Å². The van der Waals surface area contributed by atoms with Crippen LogP contribution in [0.1, 0.15) is 42.1 Å². The van der Waals surface area contributed by atoms with Gasteiger partial charge in [0.05, 0.1) is 0 Å². The van der Waals surface area contributed by atoms with Crippen molar-refractivity contribution in [2.45, 2.75) is 32.6 Å². The first-order valence-corrected chi connectivity index (χ1v) is 6.51. The molecule has 0 saturated heterocycles. The molecule has 2 rings (SSSR count). The first-order valence-electron chi connectivity index (χ1n) is 6.51. The summed E-state index contributed by atoms with van der Waals surface area (Å²) in [6.45, 7) is 2.14. The number of hydrogen-bond acceptors (Lipinski definition) is 2. The molecule has 0 spiro atoms. The number of carbonyl (C=O) groups is 1. The Balaban J connectivity index is 2.42. The fourth-order valence-corrected chi connectivity index (χ4v) is 2.16. The molecule has 2 aromatic rings. The average molecular weight is 259 g/mol. The number of aryl methyl sites for hydroxylation is 1. The molecule has 1 aromatic carbocycles. The summed E-state index contributed by atoms with van der Waals surface area (Å²) in [5.74, 6) is -1.19. The maximum absolute atomic E-state index is 12.1. The Morgan fingerprint density at radius 3 is 2.79 bits per heavy atom. The van der Waals surface area contributed by atoms with Gasteiger partial charge < -0.3 is 10.1 Å². The molecule has 1 heterocycles. The third kappa shape index (κ3) is 2.84. The van der Waals surface area contributed by atoms with E-state index in [9.17, 15) is 9.59 Å². The predicted molar refractivity (Wildman–Crippen MR) is 74.8 cm³/mol. The van der Waals surface area contributed by atoms with E-state index in [1.807, 2.05) is 12.1 Å². The third-order valence-corrected chi connectivity index (χ3v) is 3.24. The van der Waals surface area contributed by atoms with E-state index >= 15 is 0 Å². The van der Waals surface area contributed by atoms with Gasteiger partial charge in [0, 0.05) is 17.1 Å². The lowest BCUT2D eigenvalue weighted by Gasteiger charge is -2.04. The lowest BCUT2D eigenvalue weighted by Crippen LogP contribution is -2.15. The second-order valence-corrected chi connectivity index (χ2v) is 4.67. The molecule has 0 aliphatic carbocycles. The Morgan fingerprint density at radius 2 is 2.11 bits per heavy atom. The van der Waals surface area contributed by atoms with Crippen LogP contribution in [0, 0.1) is 0 Å². The molecule has 0 bridgehead atoms. The second kappa shape index (κ2) is 5.69. The van der Waals surface area contributed by atoms with Gasteiger partial charge in [-0.15, -0.1) is 0 Å². The number of hydrogen-bond donors (Lipinski definition) is 2. The second-order valence-electron chi connectivity index (χ2n) is 4.67. The van der Waals surface area contributed by atoms with Gasteiger partial charge in [-0.05, 0) is 30.5 Å². The zero-order valence-corrected chi connectivity index (χ0v) is 10.9. The van der Waals surface area contributed by atoms with Gasteiger partial charge in [0.25, 0.3) is 0 Å². The number of aromatic nitrogens is 1. The zero-order valence-electron chi connectivity index (χ0n) is 10.9. The molecule has 0 saturated carbocycles. The summed E-state index contributed by atoms with van der Waals surface area (Å²) in [5, 5.41) is 9.40. The van der Waals surface area contributed by atoms with E-state index in [-0.39, 0.29) is 5.56 Å². The van der Waals surface area contributed by atoms with Crippen LogP contribution in [0.15, 0.2) is 29.2 Å². The van der Waals surface area contributed by atoms with Gasteiger partial charge in [-0.2, -0.15) is 0 Å². The fraction of sp³-hybridized carbons (Fsp3) is 0.333. The summed E-state index contributed by atoms with van der Waals surface area (Å²) >= 11 is 0. The largest absolute Gasteiger partial charge is 0.477 e. The summed E-state index contributed by atoms with van der Waals surface area (Å²) in [6, 6.07) is 5.62. The summed E-state index contributed by atoms with van der Waals surface area (Å²) in [6.07, 6.45) is 5.56. The number of benzene rings is 1. The molecule has 4 heteroatoms. The lowest BCUT2D eigenvalue weighted by atomic mass is 10.0. The molecule has 100 valence electrons. The normalized spacial score (nSPS) is 10.8. The van der Waals surface area contributed by atoms with E-state index in [2.05, 4.69) is 11.9 Å². The Labute approximate surface area is 111 Å². The van der Waals surface area contributed by atoms with Crippen molar-refractivity contribution >= 4 is 16.9 Å². The highest BCUT2D eigenvalue weighted by atomic mass is 16.4. The molecule has 0 amide bonds. The predicted octanol–water partition coefficient (Wildman–Crippen LogP) is 2.96. The number of H-pyrrole nitrogens is 1. The number of carboxylic acid groups (broad SMARTS) is 1. The topological polar surface area (TPSA) is 70.2 Å². The SMILES string of the molecule is CCCCCc1ccc2[nH]cc(C(=O)O)c(=O)c2c1. The summed E-state index contributed by atoms with van der Waals surface area (Å²) in [5.41, 5.74) is 1.13. The smallest absolute Gasteiger partial charge is 0.341 e. The molecule has 19 heavy (non-hydrogen) atoms. The molecule has 0 unspecified atom stereocenters. The van der Waals surface area contributed by atoms with E-state index < -0.39 is 11.4 Å². The minimum atomic E-state index is -1.19. The first kappa shape index (κ1) is 13.3. The number of carboxylic acids is 1. The molecule has 0 aliphatic heterocycles. The van der Waals surface area contributed by atoms with Crippen molar-refractivity contribution in [1.82, 2.24) is 4.98 Å². The molecule has 4 nitrogen and oxygen atoms in total. The number of aromatic carboxylic acids is 1. The fourth-order valence-electron chi connectivity index (χ4n) is 2.16. The van der Waals surface area contributed by atoms with Gasteiger partial charge >= 0.3 is 5.97 Å². The van der Waals surface area contributed by atoms with Crippen molar-refractivity contribution < 1.29 is 9.90 Å². The van der Waals surface area contributed by atoms with Gasteiger partial charge in [-0.3, -0.25) is 4.79 Å². The molecular weight excluding hydrogens is 242 g/mol. The van der Waals surface area contributed by atoms with Gasteiger partial charge in [0.15, 0.2) is 0 Å². The van der Waals surface area contributed by atoms with E-state index in [0.717, 1.165) is 31.2 Å². The number of nitrogens with one attached hydrogen (secondary N) is 1. The average Bonchev–Trinajstić information content (AvgIpc) is 2.39. The maximum Gasteiger partial charge on any atom is 0.341 e. The van der Waals surface area contributed by atoms with Crippen molar-refractivity contribution in [2.24, 2.45) is 0 Å². The Bertz CT molecular complexity index is 658. The molecule has 0 radical (unpaired) electrons. The molecule has 2 N–H and O–H groups in total. The van der Waals surface area contributed by atoms with Gasteiger partial charge in [0.1, 0.15) is 5.56 Å². The molecular formula is C15H17NO3. The molecule has 1 aromatic heterocycles. The van der Waals surface area contributed by atoms with Crippen molar-refractivity contribution in [3.8, 4) is 0 Å². The molecule has 0 fully saturated rings. The number of fused-ring (bicyclic) bond motifs is 1. The third-order valence-electron chi connectivity index (χ3n) is 3.24. The lowest BCUT2D eigenvalue weighted by molar-refractivity contribution is 0.0695. The van der Waals surface area contributed by atoms with Crippen LogP contribution in [0.25, 0.3) is 10.9 Å². The Hall–Kier alpha value is -2.10.